The predicted molar refractivity (Wildman–Crippen MR) is 255 cm³/mol. The van der Waals surface area contributed by atoms with Gasteiger partial charge in [-0.25, -0.2) is 14.6 Å². The van der Waals surface area contributed by atoms with Gasteiger partial charge in [-0.1, -0.05) is 33.7 Å². The van der Waals surface area contributed by atoms with E-state index in [1.807, 2.05) is 49.1 Å². The van der Waals surface area contributed by atoms with Crippen molar-refractivity contribution in [3.63, 3.8) is 0 Å². The molecule has 3 heterocycles. The van der Waals surface area contributed by atoms with Crippen LogP contribution in [0, 0.1) is 11.7 Å². The second kappa shape index (κ2) is 23.0. The summed E-state index contributed by atoms with van der Waals surface area (Å²) < 4.78 is 20.4. The van der Waals surface area contributed by atoms with E-state index in [0.29, 0.717) is 74.4 Å². The molecule has 0 bridgehead atoms. The number of halogens is 1. The third-order valence-corrected chi connectivity index (χ3v) is 15.9. The number of carbonyl (C=O) groups excluding carboxylic acids is 4. The van der Waals surface area contributed by atoms with Crippen molar-refractivity contribution in [2.75, 3.05) is 56.9 Å². The van der Waals surface area contributed by atoms with E-state index in [9.17, 15) is 24.0 Å². The number of aromatic nitrogens is 1. The molecule has 7 rings (SSSR count). The number of anilines is 1. The Morgan fingerprint density at radius 1 is 0.970 bits per heavy atom. The summed E-state index contributed by atoms with van der Waals surface area (Å²) in [6, 6.07) is 14.2. The van der Waals surface area contributed by atoms with E-state index in [2.05, 4.69) is 31.0 Å². The number of hydrazone groups is 1. The Balaban J connectivity index is 0.740. The van der Waals surface area contributed by atoms with Gasteiger partial charge >= 0.3 is 12.0 Å². The van der Waals surface area contributed by atoms with Gasteiger partial charge in [-0.3, -0.25) is 29.1 Å². The van der Waals surface area contributed by atoms with Gasteiger partial charge in [0.1, 0.15) is 11.6 Å². The average Bonchev–Trinajstić information content (AvgIpc) is 4.13. The zero-order valence-electron chi connectivity index (χ0n) is 37.8. The number of carboxylic acid groups (broad SMARTS) is 1. The van der Waals surface area contributed by atoms with Gasteiger partial charge in [-0.2, -0.15) is 5.10 Å². The van der Waals surface area contributed by atoms with Crippen LogP contribution < -0.4 is 20.8 Å². The summed E-state index contributed by atoms with van der Waals surface area (Å²) in [6.45, 7) is 8.51. The Hall–Kier alpha value is -5.20. The maximum absolute atomic E-state index is 15.0. The third-order valence-electron chi connectivity index (χ3n) is 12.6. The average molecular weight is 945 g/mol. The van der Waals surface area contributed by atoms with Crippen molar-refractivity contribution in [1.29, 1.82) is 0 Å². The number of carboxylic acids is 1. The second-order valence-electron chi connectivity index (χ2n) is 18.0. The molecule has 2 aliphatic heterocycles. The fourth-order valence-corrected chi connectivity index (χ4v) is 11.3. The monoisotopic (exact) mass is 944 g/mol. The van der Waals surface area contributed by atoms with Crippen LogP contribution in [0.4, 0.5) is 14.9 Å². The smallest absolute Gasteiger partial charge is 0.317 e. The molecular weight excluding hydrogens is 884 g/mol. The third kappa shape index (κ3) is 13.9. The van der Waals surface area contributed by atoms with E-state index < -0.39 is 11.8 Å². The van der Waals surface area contributed by atoms with Gasteiger partial charge < -0.3 is 30.3 Å². The molecule has 3 aromatic rings. The molecule has 354 valence electrons. The number of nitrogens with zero attached hydrogens (tertiary/aromatic N) is 5. The Labute approximate surface area is 393 Å². The van der Waals surface area contributed by atoms with Crippen molar-refractivity contribution in [2.24, 2.45) is 11.0 Å². The van der Waals surface area contributed by atoms with Gasteiger partial charge in [-0.15, -0.1) is 0 Å². The van der Waals surface area contributed by atoms with Crippen molar-refractivity contribution in [2.45, 2.75) is 101 Å². The molecule has 1 aromatic heterocycles. The number of nitrogens with one attached hydrogen (secondary N) is 3. The van der Waals surface area contributed by atoms with E-state index in [1.54, 1.807) is 51.0 Å². The molecule has 2 saturated heterocycles. The maximum atomic E-state index is 15.0. The topological polar surface area (TPSA) is 186 Å². The number of piperidine rings is 1. The van der Waals surface area contributed by atoms with Gasteiger partial charge in [0.15, 0.2) is 0 Å². The molecule has 2 atom stereocenters. The van der Waals surface area contributed by atoms with Crippen molar-refractivity contribution in [3.05, 3.63) is 89.0 Å². The van der Waals surface area contributed by atoms with E-state index in [4.69, 9.17) is 9.84 Å². The van der Waals surface area contributed by atoms with E-state index in [0.717, 1.165) is 74.0 Å². The zero-order valence-corrected chi connectivity index (χ0v) is 39.4. The van der Waals surface area contributed by atoms with Crippen LogP contribution in [-0.4, -0.2) is 123 Å². The molecule has 2 aliphatic carbocycles. The summed E-state index contributed by atoms with van der Waals surface area (Å²) in [6.07, 6.45) is 9.61. The molecule has 4 aliphatic rings. The van der Waals surface area contributed by atoms with Crippen molar-refractivity contribution < 1.29 is 38.2 Å². The van der Waals surface area contributed by atoms with Crippen LogP contribution >= 0.6 is 21.6 Å². The Morgan fingerprint density at radius 3 is 2.52 bits per heavy atom. The lowest BCUT2D eigenvalue weighted by Gasteiger charge is -2.42. The highest BCUT2D eigenvalue weighted by Crippen LogP contribution is 2.47. The molecule has 0 radical (unpaired) electrons. The first-order valence-electron chi connectivity index (χ1n) is 23.0. The van der Waals surface area contributed by atoms with Gasteiger partial charge in [0.2, 0.25) is 17.7 Å². The van der Waals surface area contributed by atoms with Crippen LogP contribution in [0.25, 0.3) is 0 Å². The number of aliphatic carboxylic acids is 1. The van der Waals surface area contributed by atoms with Crippen LogP contribution in [-0.2, 0) is 32.1 Å². The van der Waals surface area contributed by atoms with Gasteiger partial charge in [0.25, 0.3) is 0 Å². The molecule has 18 heteroatoms. The summed E-state index contributed by atoms with van der Waals surface area (Å²) in [5.41, 5.74) is 7.43. The normalized spacial score (nSPS) is 19.5. The number of likely N-dealkylation sites (tertiary alicyclic amines) is 1. The minimum Gasteiger partial charge on any atom is -0.494 e. The standard InChI is InChI=1S/C48H61FN8O7S2/c1-48(2,29-43(58)54-53-42-8-3-6-32-26-37(12-13-38(32)42)64-24-5-9-45(60)61)66-65-25-16-44(59)56-22-20-55(21-23-56)36-14-18-57(19-15-36)47(63)51-31-34-10-11-35(27-41(34)49)52-46(62)40-28-39(40)33-7-4-17-50-30-33/h4,7,10-13,17,26-27,30,36,39-40H,3,5-6,8-9,14-16,18-25,28-29,31H2,1-2H3,(H,51,63)(H,52,62)(H,54,58)(H,60,61)/b53-42+/t39-,40+/m1/s1. The number of ether oxygens (including phenoxy) is 1. The summed E-state index contributed by atoms with van der Waals surface area (Å²) in [5.74, 6) is -0.190. The molecule has 3 fully saturated rings. The number of benzene rings is 2. The van der Waals surface area contributed by atoms with Crippen molar-refractivity contribution in [1.82, 2.24) is 30.4 Å². The number of aryl methyl sites for hydroxylation is 1. The van der Waals surface area contributed by atoms with E-state index >= 15 is 4.39 Å². The van der Waals surface area contributed by atoms with Crippen LogP contribution in [0.5, 0.6) is 5.75 Å². The Bertz CT molecular complexity index is 2230. The second-order valence-corrected chi connectivity index (χ2v) is 21.2. The summed E-state index contributed by atoms with van der Waals surface area (Å²) in [5, 5.41) is 19.0. The van der Waals surface area contributed by atoms with E-state index in [1.165, 1.54) is 6.07 Å². The van der Waals surface area contributed by atoms with E-state index in [-0.39, 0.29) is 59.7 Å². The SMILES string of the molecule is CC(C)(CC(=O)N/N=C1\CCCc2cc(OCCCC(=O)O)ccc21)SSCCC(=O)N1CCN(C2CCN(C(=O)NCc3ccc(NC(=O)[C@H]4C[C@@H]4c4cccnc4)cc3F)CC2)CC1. The number of fused-ring (bicyclic) bond motifs is 1. The van der Waals surface area contributed by atoms with Crippen LogP contribution in [0.2, 0.25) is 0 Å². The lowest BCUT2D eigenvalue weighted by atomic mass is 9.90. The number of amides is 5. The number of hydrogen-bond acceptors (Lipinski definition) is 11. The number of urea groups is 1. The molecule has 2 aromatic carbocycles. The fraction of sp³-hybridized carbons (Fsp3) is 0.521. The molecule has 0 unspecified atom stereocenters. The Kier molecular flexibility index (Phi) is 17.0. The number of hydrogen-bond donors (Lipinski definition) is 4. The highest BCUT2D eigenvalue weighted by atomic mass is 33.1. The molecule has 1 saturated carbocycles. The van der Waals surface area contributed by atoms with Gasteiger partial charge in [-0.05, 0) is 112 Å². The first kappa shape index (κ1) is 48.7. The quantitative estimate of drug-likeness (QED) is 0.0562. The number of piperazine rings is 1. The minimum atomic E-state index is -0.840. The minimum absolute atomic E-state index is 0.0424. The number of rotatable bonds is 19. The molecule has 66 heavy (non-hydrogen) atoms. The molecule has 0 spiro atoms. The van der Waals surface area contributed by atoms with Crippen molar-refractivity contribution >= 4 is 62.7 Å². The maximum Gasteiger partial charge on any atom is 0.317 e. The van der Waals surface area contributed by atoms with Crippen molar-refractivity contribution in [3.8, 4) is 5.75 Å². The highest BCUT2D eigenvalue weighted by Gasteiger charge is 2.44. The summed E-state index contributed by atoms with van der Waals surface area (Å²) >= 11 is 0. The fourth-order valence-electron chi connectivity index (χ4n) is 8.84. The molecule has 5 amide bonds. The van der Waals surface area contributed by atoms with Gasteiger partial charge in [0, 0.05) is 117 Å². The zero-order chi connectivity index (χ0) is 46.6. The largest absolute Gasteiger partial charge is 0.494 e. The summed E-state index contributed by atoms with van der Waals surface area (Å²) in [4.78, 5) is 72.9. The van der Waals surface area contributed by atoms with Gasteiger partial charge in [0.05, 0.1) is 12.3 Å². The summed E-state index contributed by atoms with van der Waals surface area (Å²) in [7, 11) is 3.21. The molecule has 4 N–H and O–H groups in total. The molecular formula is C48H61FN8O7S2. The first-order valence-corrected chi connectivity index (χ1v) is 25.3. The first-order chi connectivity index (χ1) is 31.8. The Morgan fingerprint density at radius 2 is 1.77 bits per heavy atom. The lowest BCUT2D eigenvalue weighted by Crippen LogP contribution is -2.55. The predicted octanol–water partition coefficient (Wildman–Crippen LogP) is 6.82. The number of pyridine rings is 1. The lowest BCUT2D eigenvalue weighted by molar-refractivity contribution is -0.137. The van der Waals surface area contributed by atoms with Crippen LogP contribution in [0.3, 0.4) is 0 Å². The molecule has 15 nitrogen and oxygen atoms in total. The number of carbonyl (C=O) groups is 5. The highest BCUT2D eigenvalue weighted by molar-refractivity contribution is 8.77. The van der Waals surface area contributed by atoms with Crippen LogP contribution in [0.15, 0.2) is 66.0 Å². The van der Waals surface area contributed by atoms with Crippen LogP contribution in [0.1, 0.15) is 99.8 Å².